The zero-order chi connectivity index (χ0) is 30.9. The van der Waals surface area contributed by atoms with E-state index in [0.717, 1.165) is 11.0 Å². The minimum absolute atomic E-state index is 0.0187. The van der Waals surface area contributed by atoms with Crippen LogP contribution in [-0.2, 0) is 15.8 Å². The molecule has 1 heterocycles. The van der Waals surface area contributed by atoms with E-state index < -0.39 is 51.5 Å². The topological polar surface area (TPSA) is 128 Å². The van der Waals surface area contributed by atoms with Gasteiger partial charge < -0.3 is 9.47 Å². The highest BCUT2D eigenvalue weighted by Crippen LogP contribution is 2.44. The zero-order valence-electron chi connectivity index (χ0n) is 21.5. The molecule has 0 spiro atoms. The second-order valence-electron chi connectivity index (χ2n) is 8.69. The molecule has 15 heteroatoms. The molecule has 0 aromatic heterocycles. The Morgan fingerprint density at radius 2 is 1.81 bits per heavy atom. The third-order valence-corrected chi connectivity index (χ3v) is 6.85. The quantitative estimate of drug-likeness (QED) is 0.122. The number of hydrogen-bond acceptors (Lipinski definition) is 7. The van der Waals surface area contributed by atoms with Crippen LogP contribution in [0.2, 0.25) is 5.02 Å². The number of carbonyl (C=O) groups excluding carboxylic acids is 3. The van der Waals surface area contributed by atoms with E-state index in [0.29, 0.717) is 22.7 Å². The average Bonchev–Trinajstić information content (AvgIpc) is 2.90. The van der Waals surface area contributed by atoms with Crippen molar-refractivity contribution in [2.24, 2.45) is 0 Å². The SMILES string of the molecule is CCOc1cc(/C=C2\C(=O)NC(=O)N(c3ccc(C)c(Cl)c3)C2=O)cc(Br)c1Oc1ccc(C(F)(F)F)cc1[N+](=O)[O-]. The van der Waals surface area contributed by atoms with Gasteiger partial charge in [0.2, 0.25) is 5.75 Å². The van der Waals surface area contributed by atoms with Crippen molar-refractivity contribution >= 4 is 62.8 Å². The fourth-order valence-electron chi connectivity index (χ4n) is 3.85. The highest BCUT2D eigenvalue weighted by molar-refractivity contribution is 9.10. The third kappa shape index (κ3) is 6.24. The summed E-state index contributed by atoms with van der Waals surface area (Å²) in [6.07, 6.45) is -3.63. The number of rotatable bonds is 7. The van der Waals surface area contributed by atoms with Crippen LogP contribution in [0.5, 0.6) is 17.2 Å². The van der Waals surface area contributed by atoms with Gasteiger partial charge in [-0.1, -0.05) is 17.7 Å². The highest BCUT2D eigenvalue weighted by atomic mass is 79.9. The molecule has 218 valence electrons. The minimum Gasteiger partial charge on any atom is -0.490 e. The maximum Gasteiger partial charge on any atom is 0.416 e. The number of nitro benzene ring substituents is 1. The molecule has 3 aromatic rings. The van der Waals surface area contributed by atoms with E-state index in [1.807, 2.05) is 0 Å². The molecule has 0 unspecified atom stereocenters. The van der Waals surface area contributed by atoms with Crippen LogP contribution in [0, 0.1) is 17.0 Å². The second kappa shape index (κ2) is 11.8. The first-order valence-electron chi connectivity index (χ1n) is 11.9. The molecule has 4 rings (SSSR count). The Hall–Kier alpha value is -4.43. The summed E-state index contributed by atoms with van der Waals surface area (Å²) in [4.78, 5) is 49.7. The number of urea groups is 1. The van der Waals surface area contributed by atoms with Gasteiger partial charge in [0.1, 0.15) is 5.57 Å². The number of imide groups is 2. The number of nitrogens with one attached hydrogen (secondary N) is 1. The van der Waals surface area contributed by atoms with Crippen molar-refractivity contribution in [1.82, 2.24) is 5.32 Å². The van der Waals surface area contributed by atoms with Crippen molar-refractivity contribution < 1.29 is 42.0 Å². The molecule has 1 aliphatic heterocycles. The summed E-state index contributed by atoms with van der Waals surface area (Å²) >= 11 is 9.40. The number of barbiturate groups is 1. The van der Waals surface area contributed by atoms with Crippen LogP contribution in [0.4, 0.5) is 29.3 Å². The van der Waals surface area contributed by atoms with E-state index in [-0.39, 0.29) is 33.8 Å². The number of nitro groups is 1. The van der Waals surface area contributed by atoms with Crippen LogP contribution in [-0.4, -0.2) is 29.4 Å². The monoisotopic (exact) mass is 667 g/mol. The summed E-state index contributed by atoms with van der Waals surface area (Å²) < 4.78 is 50.7. The lowest BCUT2D eigenvalue weighted by Crippen LogP contribution is -2.54. The highest BCUT2D eigenvalue weighted by Gasteiger charge is 2.37. The smallest absolute Gasteiger partial charge is 0.416 e. The van der Waals surface area contributed by atoms with E-state index in [9.17, 15) is 37.7 Å². The van der Waals surface area contributed by atoms with Crippen LogP contribution >= 0.6 is 27.5 Å². The summed E-state index contributed by atoms with van der Waals surface area (Å²) in [5.41, 5.74) is -1.53. The lowest BCUT2D eigenvalue weighted by Gasteiger charge is -2.26. The standard InChI is InChI=1S/C27H18BrClF3N3O7/c1-3-41-22-10-14(8-17-24(36)33-26(38)34(25(17)37)16-6-4-13(2)19(29)12-16)9-18(28)23(22)42-21-7-5-15(27(30,31)32)11-20(21)35(39)40/h4-12H,3H2,1-2H3,(H,33,36,38)/b17-8+. The number of benzene rings is 3. The van der Waals surface area contributed by atoms with Crippen molar-refractivity contribution in [3.05, 3.63) is 90.4 Å². The molecule has 4 amide bonds. The average molecular weight is 669 g/mol. The number of anilines is 1. The van der Waals surface area contributed by atoms with Gasteiger partial charge in [-0.25, -0.2) is 9.69 Å². The maximum absolute atomic E-state index is 13.3. The van der Waals surface area contributed by atoms with Crippen molar-refractivity contribution in [2.45, 2.75) is 20.0 Å². The number of nitrogens with zero attached hydrogens (tertiary/aromatic N) is 2. The van der Waals surface area contributed by atoms with E-state index in [4.69, 9.17) is 21.1 Å². The van der Waals surface area contributed by atoms with E-state index in [1.165, 1.54) is 30.3 Å². The Labute approximate surface area is 248 Å². The fourth-order valence-corrected chi connectivity index (χ4v) is 4.56. The zero-order valence-corrected chi connectivity index (χ0v) is 23.9. The number of hydrogen-bond donors (Lipinski definition) is 1. The maximum atomic E-state index is 13.3. The van der Waals surface area contributed by atoms with Crippen LogP contribution < -0.4 is 19.7 Å². The van der Waals surface area contributed by atoms with Crippen molar-refractivity contribution in [1.29, 1.82) is 0 Å². The Balaban J connectivity index is 1.74. The van der Waals surface area contributed by atoms with Gasteiger partial charge in [0.05, 0.1) is 27.3 Å². The number of amides is 4. The van der Waals surface area contributed by atoms with Gasteiger partial charge in [-0.15, -0.1) is 0 Å². The molecule has 0 radical (unpaired) electrons. The largest absolute Gasteiger partial charge is 0.490 e. The number of ether oxygens (including phenoxy) is 2. The second-order valence-corrected chi connectivity index (χ2v) is 9.96. The minimum atomic E-state index is -4.82. The molecule has 1 aliphatic rings. The number of alkyl halides is 3. The van der Waals surface area contributed by atoms with Gasteiger partial charge in [0, 0.05) is 11.1 Å². The Bertz CT molecular complexity index is 1680. The van der Waals surface area contributed by atoms with Crippen molar-refractivity contribution in [3.63, 3.8) is 0 Å². The molecule has 1 saturated heterocycles. The van der Waals surface area contributed by atoms with E-state index in [1.54, 1.807) is 19.9 Å². The van der Waals surface area contributed by atoms with Gasteiger partial charge in [-0.05, 0) is 83.4 Å². The fraction of sp³-hybridized carbons (Fsp3) is 0.148. The van der Waals surface area contributed by atoms with Gasteiger partial charge in [0.15, 0.2) is 11.5 Å². The van der Waals surface area contributed by atoms with E-state index >= 15 is 0 Å². The van der Waals surface area contributed by atoms with Crippen LogP contribution in [0.1, 0.15) is 23.6 Å². The molecular weight excluding hydrogens is 651 g/mol. The molecule has 0 saturated carbocycles. The first kappa shape index (κ1) is 30.5. The lowest BCUT2D eigenvalue weighted by atomic mass is 10.1. The molecule has 0 aliphatic carbocycles. The Morgan fingerprint density at radius 1 is 1.10 bits per heavy atom. The summed E-state index contributed by atoms with van der Waals surface area (Å²) in [5.74, 6) is -2.52. The van der Waals surface area contributed by atoms with Crippen LogP contribution in [0.15, 0.2) is 58.6 Å². The number of halogens is 5. The van der Waals surface area contributed by atoms with Crippen LogP contribution in [0.3, 0.4) is 0 Å². The van der Waals surface area contributed by atoms with E-state index in [2.05, 4.69) is 21.2 Å². The number of aryl methyl sites for hydroxylation is 1. The molecule has 1 fully saturated rings. The molecule has 42 heavy (non-hydrogen) atoms. The predicted molar refractivity (Wildman–Crippen MR) is 149 cm³/mol. The van der Waals surface area contributed by atoms with Crippen molar-refractivity contribution in [3.8, 4) is 17.2 Å². The summed E-state index contributed by atoms with van der Waals surface area (Å²) in [7, 11) is 0. The van der Waals surface area contributed by atoms with Gasteiger partial charge >= 0.3 is 17.9 Å². The summed E-state index contributed by atoms with van der Waals surface area (Å²) in [6, 6.07) is 8.04. The Morgan fingerprint density at radius 3 is 2.43 bits per heavy atom. The van der Waals surface area contributed by atoms with Gasteiger partial charge in [-0.2, -0.15) is 13.2 Å². The first-order valence-corrected chi connectivity index (χ1v) is 13.1. The van der Waals surface area contributed by atoms with Crippen molar-refractivity contribution in [2.75, 3.05) is 11.5 Å². The summed E-state index contributed by atoms with van der Waals surface area (Å²) in [5, 5.41) is 13.9. The molecule has 0 atom stereocenters. The number of carbonyl (C=O) groups is 3. The van der Waals surface area contributed by atoms with Gasteiger partial charge in [0.25, 0.3) is 11.8 Å². The molecule has 10 nitrogen and oxygen atoms in total. The third-order valence-electron chi connectivity index (χ3n) is 5.85. The molecule has 1 N–H and O–H groups in total. The van der Waals surface area contributed by atoms with Crippen LogP contribution in [0.25, 0.3) is 6.08 Å². The Kier molecular flexibility index (Phi) is 8.59. The normalized spacial score (nSPS) is 14.7. The lowest BCUT2D eigenvalue weighted by molar-refractivity contribution is -0.385. The first-order chi connectivity index (χ1) is 19.7. The summed E-state index contributed by atoms with van der Waals surface area (Å²) in [6.45, 7) is 3.43. The van der Waals surface area contributed by atoms with Gasteiger partial charge in [-0.3, -0.25) is 25.0 Å². The molecular formula is C27H18BrClF3N3O7. The molecule has 0 bridgehead atoms. The molecule has 3 aromatic carbocycles. The predicted octanol–water partition coefficient (Wildman–Crippen LogP) is 7.20.